The maximum atomic E-state index is 11.4. The molecule has 0 heterocycles. The molecule has 2 N–H and O–H groups in total. The highest BCUT2D eigenvalue weighted by Gasteiger charge is 2.26. The van der Waals surface area contributed by atoms with Crippen LogP contribution < -0.4 is 5.73 Å². The van der Waals surface area contributed by atoms with Gasteiger partial charge in [0.2, 0.25) is 0 Å². The van der Waals surface area contributed by atoms with Crippen LogP contribution in [0.3, 0.4) is 0 Å². The number of nitrogens with two attached hydrogens (primary N) is 1. The van der Waals surface area contributed by atoms with Crippen LogP contribution in [0.15, 0.2) is 0 Å². The van der Waals surface area contributed by atoms with Gasteiger partial charge in [-0.3, -0.25) is 4.79 Å². The SMILES string of the molecule is CCOC(=O)C(N)C1CCCCCC1.Cl. The van der Waals surface area contributed by atoms with E-state index < -0.39 is 6.04 Å². The zero-order valence-corrected chi connectivity index (χ0v) is 10.2. The fourth-order valence-electron chi connectivity index (χ4n) is 2.10. The molecular formula is C11H22ClNO2. The molecule has 15 heavy (non-hydrogen) atoms. The molecule has 4 heteroatoms. The van der Waals surface area contributed by atoms with Gasteiger partial charge < -0.3 is 10.5 Å². The molecule has 1 atom stereocenters. The average molecular weight is 236 g/mol. The second-order valence-corrected chi connectivity index (χ2v) is 4.03. The molecule has 0 amide bonds. The molecule has 1 aliphatic rings. The van der Waals surface area contributed by atoms with E-state index in [2.05, 4.69) is 0 Å². The van der Waals surface area contributed by atoms with Crippen LogP contribution in [0, 0.1) is 5.92 Å². The van der Waals surface area contributed by atoms with Crippen molar-refractivity contribution in [2.45, 2.75) is 51.5 Å². The summed E-state index contributed by atoms with van der Waals surface area (Å²) in [5.74, 6) is 0.121. The molecule has 0 bridgehead atoms. The van der Waals surface area contributed by atoms with Crippen LogP contribution >= 0.6 is 12.4 Å². The summed E-state index contributed by atoms with van der Waals surface area (Å²) in [6.07, 6.45) is 7.15. The van der Waals surface area contributed by atoms with Crippen molar-refractivity contribution in [3.05, 3.63) is 0 Å². The molecule has 1 aliphatic carbocycles. The van der Waals surface area contributed by atoms with Gasteiger partial charge in [0.25, 0.3) is 0 Å². The molecule has 1 unspecified atom stereocenters. The smallest absolute Gasteiger partial charge is 0.323 e. The summed E-state index contributed by atoms with van der Waals surface area (Å²) in [7, 11) is 0. The fraction of sp³-hybridized carbons (Fsp3) is 0.909. The Morgan fingerprint density at radius 2 is 1.87 bits per heavy atom. The maximum Gasteiger partial charge on any atom is 0.323 e. The molecule has 90 valence electrons. The highest BCUT2D eigenvalue weighted by molar-refractivity contribution is 5.85. The van der Waals surface area contributed by atoms with Crippen LogP contribution in [0.4, 0.5) is 0 Å². The van der Waals surface area contributed by atoms with Crippen LogP contribution in [0.2, 0.25) is 0 Å². The van der Waals surface area contributed by atoms with Crippen molar-refractivity contribution in [3.8, 4) is 0 Å². The van der Waals surface area contributed by atoms with Crippen LogP contribution in [-0.2, 0) is 9.53 Å². The Balaban J connectivity index is 0.00000196. The standard InChI is InChI=1S/C11H21NO2.ClH/c1-2-14-11(13)10(12)9-7-5-3-4-6-8-9;/h9-10H,2-8,12H2,1H3;1H. The Bertz CT molecular complexity index is 179. The fourth-order valence-corrected chi connectivity index (χ4v) is 2.10. The number of hydrogen-bond donors (Lipinski definition) is 1. The Labute approximate surface area is 98.2 Å². The van der Waals surface area contributed by atoms with E-state index in [0.717, 1.165) is 12.8 Å². The van der Waals surface area contributed by atoms with Gasteiger partial charge in [0, 0.05) is 0 Å². The number of carbonyl (C=O) groups is 1. The lowest BCUT2D eigenvalue weighted by Crippen LogP contribution is -2.39. The first-order valence-electron chi connectivity index (χ1n) is 5.68. The molecule has 0 saturated heterocycles. The Hall–Kier alpha value is -0.280. The lowest BCUT2D eigenvalue weighted by Gasteiger charge is -2.20. The number of halogens is 1. The van der Waals surface area contributed by atoms with E-state index in [9.17, 15) is 4.79 Å². The van der Waals surface area contributed by atoms with Gasteiger partial charge in [0.05, 0.1) is 6.61 Å². The van der Waals surface area contributed by atoms with Gasteiger partial charge in [0.15, 0.2) is 0 Å². The van der Waals surface area contributed by atoms with Crippen LogP contribution in [0.5, 0.6) is 0 Å². The van der Waals surface area contributed by atoms with Crippen molar-refractivity contribution in [3.63, 3.8) is 0 Å². The highest BCUT2D eigenvalue weighted by atomic mass is 35.5. The first-order chi connectivity index (χ1) is 6.75. The molecular weight excluding hydrogens is 214 g/mol. The third kappa shape index (κ3) is 4.85. The van der Waals surface area contributed by atoms with Crippen LogP contribution in [-0.4, -0.2) is 18.6 Å². The normalized spacial score (nSPS) is 19.9. The largest absolute Gasteiger partial charge is 0.465 e. The highest BCUT2D eigenvalue weighted by Crippen LogP contribution is 2.25. The Morgan fingerprint density at radius 3 is 2.33 bits per heavy atom. The molecule has 0 radical (unpaired) electrons. The predicted octanol–water partition coefficient (Wildman–Crippen LogP) is 2.27. The lowest BCUT2D eigenvalue weighted by atomic mass is 9.92. The van der Waals surface area contributed by atoms with E-state index in [-0.39, 0.29) is 18.4 Å². The van der Waals surface area contributed by atoms with E-state index in [1.54, 1.807) is 0 Å². The summed E-state index contributed by atoms with van der Waals surface area (Å²) in [6.45, 7) is 2.25. The monoisotopic (exact) mass is 235 g/mol. The number of ether oxygens (including phenoxy) is 1. The van der Waals surface area contributed by atoms with Gasteiger partial charge >= 0.3 is 5.97 Å². The second-order valence-electron chi connectivity index (χ2n) is 4.03. The number of esters is 1. The molecule has 0 spiro atoms. The van der Waals surface area contributed by atoms with Gasteiger partial charge in [-0.2, -0.15) is 0 Å². The van der Waals surface area contributed by atoms with Crippen molar-refractivity contribution in [2.24, 2.45) is 11.7 Å². The molecule has 1 saturated carbocycles. The average Bonchev–Trinajstić information content (AvgIpc) is 2.45. The third-order valence-corrected chi connectivity index (χ3v) is 2.97. The first kappa shape index (κ1) is 14.7. The molecule has 0 aromatic rings. The predicted molar refractivity (Wildman–Crippen MR) is 63.0 cm³/mol. The third-order valence-electron chi connectivity index (χ3n) is 2.97. The molecule has 3 nitrogen and oxygen atoms in total. The Morgan fingerprint density at radius 1 is 1.33 bits per heavy atom. The minimum atomic E-state index is -0.395. The van der Waals surface area contributed by atoms with Gasteiger partial charge in [-0.25, -0.2) is 0 Å². The zero-order chi connectivity index (χ0) is 10.4. The van der Waals surface area contributed by atoms with Gasteiger partial charge in [0.1, 0.15) is 6.04 Å². The van der Waals surface area contributed by atoms with Gasteiger partial charge in [-0.1, -0.05) is 25.7 Å². The van der Waals surface area contributed by atoms with Crippen LogP contribution in [0.1, 0.15) is 45.4 Å². The van der Waals surface area contributed by atoms with Crippen molar-refractivity contribution in [1.29, 1.82) is 0 Å². The number of rotatable bonds is 3. The van der Waals surface area contributed by atoms with E-state index in [0.29, 0.717) is 12.5 Å². The lowest BCUT2D eigenvalue weighted by molar-refractivity contribution is -0.146. The minimum Gasteiger partial charge on any atom is -0.465 e. The van der Waals surface area contributed by atoms with Gasteiger partial charge in [-0.15, -0.1) is 12.4 Å². The number of hydrogen-bond acceptors (Lipinski definition) is 3. The van der Waals surface area contributed by atoms with Crippen molar-refractivity contribution in [2.75, 3.05) is 6.61 Å². The van der Waals surface area contributed by atoms with E-state index in [1.807, 2.05) is 6.92 Å². The van der Waals surface area contributed by atoms with Crippen LogP contribution in [0.25, 0.3) is 0 Å². The maximum absolute atomic E-state index is 11.4. The summed E-state index contributed by atoms with van der Waals surface area (Å²) in [5, 5.41) is 0. The first-order valence-corrected chi connectivity index (χ1v) is 5.68. The molecule has 1 fully saturated rings. The van der Waals surface area contributed by atoms with Crippen molar-refractivity contribution >= 4 is 18.4 Å². The molecule has 0 aromatic heterocycles. The van der Waals surface area contributed by atoms with Crippen molar-refractivity contribution in [1.82, 2.24) is 0 Å². The topological polar surface area (TPSA) is 52.3 Å². The summed E-state index contributed by atoms with van der Waals surface area (Å²) in [5.41, 5.74) is 5.87. The quantitative estimate of drug-likeness (QED) is 0.603. The van der Waals surface area contributed by atoms with E-state index >= 15 is 0 Å². The molecule has 0 aliphatic heterocycles. The van der Waals surface area contributed by atoms with Crippen molar-refractivity contribution < 1.29 is 9.53 Å². The van der Waals surface area contributed by atoms with E-state index in [1.165, 1.54) is 25.7 Å². The number of carbonyl (C=O) groups excluding carboxylic acids is 1. The second kappa shape index (κ2) is 7.94. The summed E-state index contributed by atoms with van der Waals surface area (Å²) >= 11 is 0. The summed E-state index contributed by atoms with van der Waals surface area (Å²) in [6, 6.07) is -0.395. The summed E-state index contributed by atoms with van der Waals surface area (Å²) in [4.78, 5) is 11.4. The zero-order valence-electron chi connectivity index (χ0n) is 9.41. The molecule has 0 aromatic carbocycles. The minimum absolute atomic E-state index is 0. The van der Waals surface area contributed by atoms with E-state index in [4.69, 9.17) is 10.5 Å². The molecule has 1 rings (SSSR count). The summed E-state index contributed by atoms with van der Waals surface area (Å²) < 4.78 is 4.93. The Kier molecular flexibility index (Phi) is 7.79. The van der Waals surface area contributed by atoms with Gasteiger partial charge in [-0.05, 0) is 25.7 Å².